The molecule has 0 N–H and O–H groups in total. The topological polar surface area (TPSA) is 26.3 Å². The summed E-state index contributed by atoms with van der Waals surface area (Å²) < 4.78 is 6.38. The van der Waals surface area contributed by atoms with E-state index in [-0.39, 0.29) is 5.97 Å². The van der Waals surface area contributed by atoms with Crippen molar-refractivity contribution >= 4 is 54.9 Å². The zero-order valence-electron chi connectivity index (χ0n) is 7.71. The number of hydrogen-bond acceptors (Lipinski definition) is 3. The van der Waals surface area contributed by atoms with Crippen LogP contribution in [0.3, 0.4) is 0 Å². The smallest absolute Gasteiger partial charge is 0.348 e. The summed E-state index contributed by atoms with van der Waals surface area (Å²) in [6.45, 7) is 0. The molecule has 0 spiro atoms. The largest absolute Gasteiger partial charge is 0.465 e. The normalized spacial score (nSPS) is 10.6. The van der Waals surface area contributed by atoms with Crippen molar-refractivity contribution < 1.29 is 9.53 Å². The number of carbonyl (C=O) groups excluding carboxylic acids is 1. The summed E-state index contributed by atoms with van der Waals surface area (Å²) in [5.74, 6) is -0.330. The Morgan fingerprint density at radius 2 is 2.27 bits per heavy atom. The molecule has 0 atom stereocenters. The molecule has 2 nitrogen and oxygen atoms in total. The van der Waals surface area contributed by atoms with Crippen molar-refractivity contribution in [2.45, 2.75) is 0 Å². The first-order chi connectivity index (χ1) is 7.13. The van der Waals surface area contributed by atoms with E-state index >= 15 is 0 Å². The van der Waals surface area contributed by atoms with Crippen molar-refractivity contribution in [3.8, 4) is 0 Å². The maximum absolute atomic E-state index is 11.3. The molecule has 0 unspecified atom stereocenters. The standard InChI is InChI=1S/C10H6BrClO2S/c1-14-10(13)7-4-5-2-3-6(11)8(12)9(5)15-7/h2-4H,1H3. The van der Waals surface area contributed by atoms with E-state index in [1.54, 1.807) is 6.07 Å². The van der Waals surface area contributed by atoms with Gasteiger partial charge in [0.2, 0.25) is 0 Å². The Bertz CT molecular complexity index is 535. The highest BCUT2D eigenvalue weighted by atomic mass is 79.9. The third-order valence-electron chi connectivity index (χ3n) is 1.97. The number of esters is 1. The lowest BCUT2D eigenvalue weighted by molar-refractivity contribution is 0.0606. The molecule has 2 rings (SSSR count). The number of methoxy groups -OCH3 is 1. The lowest BCUT2D eigenvalue weighted by Crippen LogP contribution is -1.96. The summed E-state index contributed by atoms with van der Waals surface area (Å²) in [4.78, 5) is 11.9. The Morgan fingerprint density at radius 3 is 2.93 bits per heavy atom. The Kier molecular flexibility index (Phi) is 3.00. The molecule has 15 heavy (non-hydrogen) atoms. The van der Waals surface area contributed by atoms with Crippen LogP contribution in [0.2, 0.25) is 5.02 Å². The molecule has 0 saturated heterocycles. The van der Waals surface area contributed by atoms with Crippen molar-refractivity contribution in [2.24, 2.45) is 0 Å². The average molecular weight is 306 g/mol. The van der Waals surface area contributed by atoms with E-state index in [1.165, 1.54) is 18.4 Å². The van der Waals surface area contributed by atoms with E-state index in [2.05, 4.69) is 20.7 Å². The zero-order chi connectivity index (χ0) is 11.0. The number of hydrogen-bond donors (Lipinski definition) is 0. The highest BCUT2D eigenvalue weighted by Gasteiger charge is 2.13. The van der Waals surface area contributed by atoms with Gasteiger partial charge in [0.25, 0.3) is 0 Å². The van der Waals surface area contributed by atoms with Crippen molar-refractivity contribution in [3.63, 3.8) is 0 Å². The number of ether oxygens (including phenoxy) is 1. The highest BCUT2D eigenvalue weighted by molar-refractivity contribution is 9.10. The molecule has 0 aliphatic rings. The van der Waals surface area contributed by atoms with Crippen LogP contribution >= 0.6 is 38.9 Å². The van der Waals surface area contributed by atoms with Crippen LogP contribution in [-0.2, 0) is 4.74 Å². The molecule has 0 bridgehead atoms. The van der Waals surface area contributed by atoms with E-state index in [4.69, 9.17) is 11.6 Å². The lowest BCUT2D eigenvalue weighted by Gasteiger charge is -1.95. The Hall–Kier alpha value is -0.580. The van der Waals surface area contributed by atoms with Crippen LogP contribution in [0.4, 0.5) is 0 Å². The summed E-state index contributed by atoms with van der Waals surface area (Å²) in [6, 6.07) is 5.55. The second-order valence-corrected chi connectivity index (χ2v) is 5.17. The van der Waals surface area contributed by atoms with Gasteiger partial charge in [-0.1, -0.05) is 17.7 Å². The molecule has 0 aliphatic carbocycles. The third-order valence-corrected chi connectivity index (χ3v) is 4.51. The van der Waals surface area contributed by atoms with Crippen molar-refractivity contribution in [1.29, 1.82) is 0 Å². The SMILES string of the molecule is COC(=O)c1cc2ccc(Br)c(Cl)c2s1. The molecule has 1 heterocycles. The Balaban J connectivity index is 2.66. The van der Waals surface area contributed by atoms with Gasteiger partial charge in [-0.2, -0.15) is 0 Å². The minimum Gasteiger partial charge on any atom is -0.465 e. The molecular formula is C10H6BrClO2S. The quantitative estimate of drug-likeness (QED) is 0.741. The van der Waals surface area contributed by atoms with Crippen molar-refractivity contribution in [1.82, 2.24) is 0 Å². The average Bonchev–Trinajstić information content (AvgIpc) is 2.67. The fourth-order valence-corrected chi connectivity index (χ4v) is 3.01. The predicted molar refractivity (Wildman–Crippen MR) is 65.9 cm³/mol. The van der Waals surface area contributed by atoms with E-state index < -0.39 is 0 Å². The second kappa shape index (κ2) is 4.12. The predicted octanol–water partition coefficient (Wildman–Crippen LogP) is 4.10. The van der Waals surface area contributed by atoms with Crippen molar-refractivity contribution in [2.75, 3.05) is 7.11 Å². The minimum atomic E-state index is -0.330. The third kappa shape index (κ3) is 1.89. The number of carbonyl (C=O) groups is 1. The molecule has 0 radical (unpaired) electrons. The van der Waals surface area contributed by atoms with Crippen LogP contribution in [0.5, 0.6) is 0 Å². The van der Waals surface area contributed by atoms with Gasteiger partial charge in [-0.25, -0.2) is 4.79 Å². The molecule has 0 fully saturated rings. The number of thiophene rings is 1. The molecular weight excluding hydrogens is 300 g/mol. The first-order valence-corrected chi connectivity index (χ1v) is 6.08. The van der Waals surface area contributed by atoms with Crippen LogP contribution in [0, 0.1) is 0 Å². The fraction of sp³-hybridized carbons (Fsp3) is 0.100. The first-order valence-electron chi connectivity index (χ1n) is 4.09. The van der Waals surface area contributed by atoms with Crippen LogP contribution in [0.25, 0.3) is 10.1 Å². The van der Waals surface area contributed by atoms with Gasteiger partial charge in [0, 0.05) is 4.47 Å². The first kappa shape index (κ1) is 10.9. The molecule has 1 aromatic heterocycles. The Morgan fingerprint density at radius 1 is 1.53 bits per heavy atom. The van der Waals surface area contributed by atoms with E-state index in [0.717, 1.165) is 14.6 Å². The van der Waals surface area contributed by atoms with Crippen molar-refractivity contribution in [3.05, 3.63) is 32.6 Å². The molecule has 2 aromatic rings. The van der Waals surface area contributed by atoms with Crippen LogP contribution < -0.4 is 0 Å². The van der Waals surface area contributed by atoms with Crippen LogP contribution in [0.15, 0.2) is 22.7 Å². The summed E-state index contributed by atoms with van der Waals surface area (Å²) in [6.07, 6.45) is 0. The number of benzene rings is 1. The molecule has 0 aliphatic heterocycles. The molecule has 1 aromatic carbocycles. The van der Waals surface area contributed by atoms with Gasteiger partial charge in [0.15, 0.2) is 0 Å². The van der Waals surface area contributed by atoms with E-state index in [0.29, 0.717) is 9.90 Å². The Labute approximate surface area is 104 Å². The highest BCUT2D eigenvalue weighted by Crippen LogP contribution is 2.36. The molecule has 0 amide bonds. The van der Waals surface area contributed by atoms with Gasteiger partial charge >= 0.3 is 5.97 Å². The fourth-order valence-electron chi connectivity index (χ4n) is 1.25. The second-order valence-electron chi connectivity index (χ2n) is 2.88. The number of fused-ring (bicyclic) bond motifs is 1. The molecule has 0 saturated carbocycles. The van der Waals surface area contributed by atoms with Gasteiger partial charge in [-0.15, -0.1) is 11.3 Å². The maximum atomic E-state index is 11.3. The van der Waals surface area contributed by atoms with Gasteiger partial charge in [-0.05, 0) is 33.4 Å². The van der Waals surface area contributed by atoms with Crippen LogP contribution in [0.1, 0.15) is 9.67 Å². The van der Waals surface area contributed by atoms with Gasteiger partial charge in [-0.3, -0.25) is 0 Å². The summed E-state index contributed by atoms with van der Waals surface area (Å²) >= 11 is 10.8. The lowest BCUT2D eigenvalue weighted by atomic mass is 10.2. The van der Waals surface area contributed by atoms with Gasteiger partial charge < -0.3 is 4.74 Å². The molecule has 5 heteroatoms. The summed E-state index contributed by atoms with van der Waals surface area (Å²) in [7, 11) is 1.37. The summed E-state index contributed by atoms with van der Waals surface area (Å²) in [5.41, 5.74) is 0. The van der Waals surface area contributed by atoms with E-state index in [1.807, 2.05) is 12.1 Å². The maximum Gasteiger partial charge on any atom is 0.348 e. The number of rotatable bonds is 1. The van der Waals surface area contributed by atoms with Crippen LogP contribution in [-0.4, -0.2) is 13.1 Å². The van der Waals surface area contributed by atoms with Gasteiger partial charge in [0.05, 0.1) is 16.8 Å². The molecule has 78 valence electrons. The zero-order valence-corrected chi connectivity index (χ0v) is 10.9. The minimum absolute atomic E-state index is 0.330. The monoisotopic (exact) mass is 304 g/mol. The van der Waals surface area contributed by atoms with Gasteiger partial charge in [0.1, 0.15) is 4.88 Å². The summed E-state index contributed by atoms with van der Waals surface area (Å²) in [5, 5.41) is 1.58. The number of halogens is 2. The van der Waals surface area contributed by atoms with E-state index in [9.17, 15) is 4.79 Å².